The van der Waals surface area contributed by atoms with Gasteiger partial charge in [-0.25, -0.2) is 4.79 Å². The maximum atomic E-state index is 11.2. The molecule has 0 aliphatic heterocycles. The van der Waals surface area contributed by atoms with E-state index in [1.165, 1.54) is 0 Å². The van der Waals surface area contributed by atoms with Crippen LogP contribution < -0.4 is 0 Å². The van der Waals surface area contributed by atoms with Gasteiger partial charge in [0.1, 0.15) is 5.69 Å². The minimum atomic E-state index is -0.519. The summed E-state index contributed by atoms with van der Waals surface area (Å²) in [5.41, 5.74) is 1.10. The second kappa shape index (κ2) is 4.81. The number of carbonyl (C=O) groups is 1. The highest BCUT2D eigenvalue weighted by molar-refractivity contribution is 5.87. The molecule has 0 aliphatic carbocycles. The van der Waals surface area contributed by atoms with Crippen molar-refractivity contribution >= 4 is 5.97 Å². The first-order valence-electron chi connectivity index (χ1n) is 4.72. The summed E-state index contributed by atoms with van der Waals surface area (Å²) in [4.78, 5) is 14.0. The number of hydrogen-bond acceptors (Lipinski definition) is 3. The Kier molecular flexibility index (Phi) is 3.71. The Labute approximate surface area is 82.9 Å². The molecule has 4 heteroatoms. The molecule has 2 N–H and O–H groups in total. The Bertz CT molecular complexity index is 306. The van der Waals surface area contributed by atoms with Crippen molar-refractivity contribution in [2.24, 2.45) is 0 Å². The number of aliphatic hydroxyl groups excluding tert-OH is 1. The molecule has 0 spiro atoms. The summed E-state index contributed by atoms with van der Waals surface area (Å²) in [7, 11) is 0. The highest BCUT2D eigenvalue weighted by atomic mass is 16.5. The van der Waals surface area contributed by atoms with Crippen LogP contribution in [0.2, 0.25) is 0 Å². The summed E-state index contributed by atoms with van der Waals surface area (Å²) >= 11 is 0. The molecule has 1 atom stereocenters. The molecule has 0 aromatic carbocycles. The van der Waals surface area contributed by atoms with E-state index >= 15 is 0 Å². The van der Waals surface area contributed by atoms with E-state index in [1.54, 1.807) is 19.2 Å². The van der Waals surface area contributed by atoms with Crippen LogP contribution in [0, 0.1) is 0 Å². The minimum absolute atomic E-state index is 0.351. The average molecular weight is 197 g/mol. The predicted octanol–water partition coefficient (Wildman–Crippen LogP) is 1.63. The molecule has 1 rings (SSSR count). The molecule has 1 heterocycles. The van der Waals surface area contributed by atoms with Crippen LogP contribution in [-0.4, -0.2) is 22.7 Å². The van der Waals surface area contributed by atoms with Gasteiger partial charge in [0.15, 0.2) is 0 Å². The SMILES string of the molecule is CCOC(=O)c1cc(C(O)CC)c[nH]1. The van der Waals surface area contributed by atoms with Gasteiger partial charge in [0.25, 0.3) is 0 Å². The molecule has 1 aromatic rings. The van der Waals surface area contributed by atoms with Gasteiger partial charge in [-0.2, -0.15) is 0 Å². The van der Waals surface area contributed by atoms with Gasteiger partial charge in [-0.1, -0.05) is 6.92 Å². The second-order valence-electron chi connectivity index (χ2n) is 2.99. The van der Waals surface area contributed by atoms with Crippen molar-refractivity contribution in [3.8, 4) is 0 Å². The topological polar surface area (TPSA) is 62.3 Å². The number of nitrogens with one attached hydrogen (secondary N) is 1. The van der Waals surface area contributed by atoms with Gasteiger partial charge in [0, 0.05) is 6.20 Å². The standard InChI is InChI=1S/C10H15NO3/c1-3-9(12)7-5-8(11-6-7)10(13)14-4-2/h5-6,9,11-12H,3-4H2,1-2H3. The van der Waals surface area contributed by atoms with Crippen LogP contribution in [0.15, 0.2) is 12.3 Å². The monoisotopic (exact) mass is 197 g/mol. The van der Waals surface area contributed by atoms with Crippen LogP contribution in [-0.2, 0) is 4.74 Å². The van der Waals surface area contributed by atoms with Crippen molar-refractivity contribution in [1.29, 1.82) is 0 Å². The van der Waals surface area contributed by atoms with E-state index < -0.39 is 6.10 Å². The van der Waals surface area contributed by atoms with Gasteiger partial charge >= 0.3 is 5.97 Å². The van der Waals surface area contributed by atoms with E-state index in [2.05, 4.69) is 4.98 Å². The van der Waals surface area contributed by atoms with E-state index in [0.717, 1.165) is 5.56 Å². The van der Waals surface area contributed by atoms with E-state index in [0.29, 0.717) is 18.7 Å². The third-order valence-electron chi connectivity index (χ3n) is 1.97. The summed E-state index contributed by atoms with van der Waals surface area (Å²) in [5, 5.41) is 9.48. The third-order valence-corrected chi connectivity index (χ3v) is 1.97. The van der Waals surface area contributed by atoms with E-state index in [9.17, 15) is 9.90 Å². The number of ether oxygens (including phenoxy) is 1. The zero-order chi connectivity index (χ0) is 10.6. The fourth-order valence-corrected chi connectivity index (χ4v) is 1.17. The maximum absolute atomic E-state index is 11.2. The first kappa shape index (κ1) is 10.8. The molecule has 0 aliphatic rings. The first-order chi connectivity index (χ1) is 6.69. The van der Waals surface area contributed by atoms with Crippen molar-refractivity contribution in [2.45, 2.75) is 26.4 Å². The molecule has 1 aromatic heterocycles. The quantitative estimate of drug-likeness (QED) is 0.721. The summed E-state index contributed by atoms with van der Waals surface area (Å²) in [6.07, 6.45) is 1.73. The Balaban J connectivity index is 2.72. The highest BCUT2D eigenvalue weighted by Crippen LogP contribution is 2.17. The lowest BCUT2D eigenvalue weighted by Crippen LogP contribution is -2.04. The molecule has 0 bridgehead atoms. The number of aromatic nitrogens is 1. The molecule has 0 fully saturated rings. The van der Waals surface area contributed by atoms with Crippen LogP contribution in [0.25, 0.3) is 0 Å². The largest absolute Gasteiger partial charge is 0.461 e. The minimum Gasteiger partial charge on any atom is -0.461 e. The van der Waals surface area contributed by atoms with Gasteiger partial charge in [0.2, 0.25) is 0 Å². The van der Waals surface area contributed by atoms with Crippen LogP contribution in [0.4, 0.5) is 0 Å². The predicted molar refractivity (Wildman–Crippen MR) is 52.0 cm³/mol. The van der Waals surface area contributed by atoms with Crippen LogP contribution in [0.1, 0.15) is 42.4 Å². The lowest BCUT2D eigenvalue weighted by atomic mass is 10.1. The van der Waals surface area contributed by atoms with Crippen molar-refractivity contribution in [3.05, 3.63) is 23.5 Å². The molecule has 14 heavy (non-hydrogen) atoms. The molecule has 0 saturated carbocycles. The van der Waals surface area contributed by atoms with Gasteiger partial charge < -0.3 is 14.8 Å². The highest BCUT2D eigenvalue weighted by Gasteiger charge is 2.12. The molecule has 0 saturated heterocycles. The molecular formula is C10H15NO3. The van der Waals surface area contributed by atoms with Crippen molar-refractivity contribution < 1.29 is 14.6 Å². The van der Waals surface area contributed by atoms with Crippen molar-refractivity contribution in [3.63, 3.8) is 0 Å². The normalized spacial score (nSPS) is 12.5. The first-order valence-corrected chi connectivity index (χ1v) is 4.72. The number of carbonyl (C=O) groups excluding carboxylic acids is 1. The van der Waals surface area contributed by atoms with Crippen molar-refractivity contribution in [1.82, 2.24) is 4.98 Å². The number of esters is 1. The van der Waals surface area contributed by atoms with Gasteiger partial charge in [-0.05, 0) is 25.0 Å². The number of rotatable bonds is 4. The molecule has 78 valence electrons. The zero-order valence-corrected chi connectivity index (χ0v) is 8.41. The average Bonchev–Trinajstić information content (AvgIpc) is 2.66. The zero-order valence-electron chi connectivity index (χ0n) is 8.41. The number of hydrogen-bond donors (Lipinski definition) is 2. The van der Waals surface area contributed by atoms with Gasteiger partial charge in [-0.15, -0.1) is 0 Å². The number of H-pyrrole nitrogens is 1. The van der Waals surface area contributed by atoms with Crippen LogP contribution in [0.3, 0.4) is 0 Å². The lowest BCUT2D eigenvalue weighted by Gasteiger charge is -2.02. The summed E-state index contributed by atoms with van der Waals surface area (Å²) in [6.45, 7) is 3.98. The Morgan fingerprint density at radius 1 is 1.64 bits per heavy atom. The maximum Gasteiger partial charge on any atom is 0.354 e. The molecule has 1 unspecified atom stereocenters. The summed E-state index contributed by atoms with van der Waals surface area (Å²) < 4.78 is 4.80. The fourth-order valence-electron chi connectivity index (χ4n) is 1.17. The van der Waals surface area contributed by atoms with E-state index in [1.807, 2.05) is 6.92 Å². The number of aromatic amines is 1. The smallest absolute Gasteiger partial charge is 0.354 e. The second-order valence-corrected chi connectivity index (χ2v) is 2.99. The number of aliphatic hydroxyl groups is 1. The van der Waals surface area contributed by atoms with Crippen molar-refractivity contribution in [2.75, 3.05) is 6.61 Å². The van der Waals surface area contributed by atoms with Gasteiger partial charge in [-0.3, -0.25) is 0 Å². The van der Waals surface area contributed by atoms with Gasteiger partial charge in [0.05, 0.1) is 12.7 Å². The van der Waals surface area contributed by atoms with E-state index in [4.69, 9.17) is 4.74 Å². The van der Waals surface area contributed by atoms with Crippen LogP contribution >= 0.6 is 0 Å². The fraction of sp³-hybridized carbons (Fsp3) is 0.500. The third kappa shape index (κ3) is 2.35. The van der Waals surface area contributed by atoms with Crippen LogP contribution in [0.5, 0.6) is 0 Å². The summed E-state index contributed by atoms with van der Waals surface area (Å²) in [5.74, 6) is -0.387. The molecular weight excluding hydrogens is 182 g/mol. The molecule has 4 nitrogen and oxygen atoms in total. The Morgan fingerprint density at radius 3 is 2.93 bits per heavy atom. The molecule has 0 amide bonds. The van der Waals surface area contributed by atoms with E-state index in [-0.39, 0.29) is 5.97 Å². The Hall–Kier alpha value is -1.29. The summed E-state index contributed by atoms with van der Waals surface area (Å²) in [6, 6.07) is 1.62. The Morgan fingerprint density at radius 2 is 2.36 bits per heavy atom. The molecule has 0 radical (unpaired) electrons. The lowest BCUT2D eigenvalue weighted by molar-refractivity contribution is 0.0520.